The van der Waals surface area contributed by atoms with Crippen molar-refractivity contribution in [3.05, 3.63) is 21.4 Å². The van der Waals surface area contributed by atoms with Gasteiger partial charge in [0, 0.05) is 28.4 Å². The zero-order valence-corrected chi connectivity index (χ0v) is 13.7. The van der Waals surface area contributed by atoms with Crippen LogP contribution in [0.25, 0.3) is 0 Å². The van der Waals surface area contributed by atoms with Crippen molar-refractivity contribution in [2.75, 3.05) is 20.6 Å². The fraction of sp³-hybridized carbons (Fsp3) is 0.733. The number of rotatable bonds is 6. The molecule has 0 spiro atoms. The van der Waals surface area contributed by atoms with Gasteiger partial charge in [-0.25, -0.2) is 0 Å². The van der Waals surface area contributed by atoms with Gasteiger partial charge in [-0.2, -0.15) is 0 Å². The predicted molar refractivity (Wildman–Crippen MR) is 82.5 cm³/mol. The zero-order chi connectivity index (χ0) is 13.9. The molecule has 0 fully saturated rings. The molecule has 2 unspecified atom stereocenters. The van der Waals surface area contributed by atoms with E-state index in [-0.39, 0.29) is 0 Å². The van der Waals surface area contributed by atoms with Gasteiger partial charge in [0.05, 0.1) is 0 Å². The Morgan fingerprint density at radius 1 is 1.22 bits per heavy atom. The normalized spacial score (nSPS) is 15.4. The third kappa shape index (κ3) is 4.08. The summed E-state index contributed by atoms with van der Waals surface area (Å²) in [6.07, 6.45) is 0. The molecule has 0 aromatic carbocycles. The van der Waals surface area contributed by atoms with Gasteiger partial charge in [-0.15, -0.1) is 11.3 Å². The summed E-state index contributed by atoms with van der Waals surface area (Å²) in [5.74, 6) is 0.671. The molecule has 1 aromatic heterocycles. The molecule has 1 N–H and O–H groups in total. The van der Waals surface area contributed by atoms with Gasteiger partial charge in [-0.1, -0.05) is 13.8 Å². The van der Waals surface area contributed by atoms with Crippen molar-refractivity contribution < 1.29 is 0 Å². The molecular weight excluding hydrogens is 240 g/mol. The maximum Gasteiger partial charge on any atom is 0.0303 e. The van der Waals surface area contributed by atoms with Crippen LogP contribution in [-0.2, 0) is 0 Å². The molecule has 3 heteroatoms. The summed E-state index contributed by atoms with van der Waals surface area (Å²) in [6, 6.07) is 3.35. The molecule has 0 aliphatic carbocycles. The smallest absolute Gasteiger partial charge is 0.0303 e. The summed E-state index contributed by atoms with van der Waals surface area (Å²) >= 11 is 1.89. The molecule has 1 aromatic rings. The first-order valence-corrected chi connectivity index (χ1v) is 7.61. The second-order valence-corrected chi connectivity index (χ2v) is 7.23. The Morgan fingerprint density at radius 3 is 2.22 bits per heavy atom. The monoisotopic (exact) mass is 268 g/mol. The SMILES string of the molecule is Cc1cc(C(C)NCC(C(C)C)N(C)C)c(C)s1. The molecule has 1 heterocycles. The standard InChI is InChI=1S/C15H28N2S/c1-10(2)15(17(6)7)9-16-12(4)14-8-11(3)18-13(14)5/h8,10,12,15-16H,9H2,1-7H3. The minimum atomic E-state index is 0.441. The molecule has 0 radical (unpaired) electrons. The van der Waals surface area contributed by atoms with Crippen LogP contribution in [0.15, 0.2) is 6.07 Å². The number of nitrogens with one attached hydrogen (secondary N) is 1. The van der Waals surface area contributed by atoms with Crippen LogP contribution in [0.4, 0.5) is 0 Å². The number of aryl methyl sites for hydroxylation is 2. The van der Waals surface area contributed by atoms with Gasteiger partial charge in [0.1, 0.15) is 0 Å². The Labute approximate surface area is 116 Å². The highest BCUT2D eigenvalue weighted by molar-refractivity contribution is 7.12. The van der Waals surface area contributed by atoms with Crippen LogP contribution in [0.2, 0.25) is 0 Å². The van der Waals surface area contributed by atoms with E-state index in [4.69, 9.17) is 0 Å². The third-order valence-corrected chi connectivity index (χ3v) is 4.59. The Kier molecular flexibility index (Phi) is 5.83. The molecule has 1 rings (SSSR count). The predicted octanol–water partition coefficient (Wildman–Crippen LogP) is 3.60. The molecule has 0 saturated carbocycles. The minimum Gasteiger partial charge on any atom is -0.309 e. The summed E-state index contributed by atoms with van der Waals surface area (Å²) in [5.41, 5.74) is 1.46. The van der Waals surface area contributed by atoms with Crippen molar-refractivity contribution in [3.8, 4) is 0 Å². The number of nitrogens with zero attached hydrogens (tertiary/aromatic N) is 1. The Balaban J connectivity index is 2.60. The summed E-state index contributed by atoms with van der Waals surface area (Å²) < 4.78 is 0. The molecular formula is C15H28N2S. The van der Waals surface area contributed by atoms with Crippen LogP contribution in [0, 0.1) is 19.8 Å². The third-order valence-electron chi connectivity index (χ3n) is 3.61. The van der Waals surface area contributed by atoms with Crippen LogP contribution in [0.1, 0.15) is 42.1 Å². The van der Waals surface area contributed by atoms with E-state index in [9.17, 15) is 0 Å². The average Bonchev–Trinajstić information content (AvgIpc) is 2.56. The summed E-state index contributed by atoms with van der Waals surface area (Å²) in [6.45, 7) is 12.3. The van der Waals surface area contributed by atoms with Crippen LogP contribution in [-0.4, -0.2) is 31.6 Å². The zero-order valence-electron chi connectivity index (χ0n) is 12.9. The van der Waals surface area contributed by atoms with Gasteiger partial charge in [-0.3, -0.25) is 0 Å². The van der Waals surface area contributed by atoms with Crippen molar-refractivity contribution in [1.29, 1.82) is 0 Å². The number of hydrogen-bond donors (Lipinski definition) is 1. The van der Waals surface area contributed by atoms with Gasteiger partial charge < -0.3 is 10.2 Å². The first kappa shape index (κ1) is 15.7. The van der Waals surface area contributed by atoms with E-state index in [0.29, 0.717) is 18.0 Å². The van der Waals surface area contributed by atoms with Gasteiger partial charge in [-0.05, 0) is 52.4 Å². The lowest BCUT2D eigenvalue weighted by Gasteiger charge is -2.29. The van der Waals surface area contributed by atoms with E-state index < -0.39 is 0 Å². The first-order valence-electron chi connectivity index (χ1n) is 6.79. The van der Waals surface area contributed by atoms with Crippen LogP contribution in [0.5, 0.6) is 0 Å². The fourth-order valence-electron chi connectivity index (χ4n) is 2.50. The average molecular weight is 268 g/mol. The van der Waals surface area contributed by atoms with Crippen molar-refractivity contribution in [2.45, 2.75) is 46.7 Å². The Morgan fingerprint density at radius 2 is 1.83 bits per heavy atom. The van der Waals surface area contributed by atoms with E-state index in [1.54, 1.807) is 0 Å². The molecule has 2 nitrogen and oxygen atoms in total. The van der Waals surface area contributed by atoms with E-state index in [0.717, 1.165) is 6.54 Å². The van der Waals surface area contributed by atoms with Gasteiger partial charge >= 0.3 is 0 Å². The van der Waals surface area contributed by atoms with Crippen molar-refractivity contribution in [1.82, 2.24) is 10.2 Å². The summed E-state index contributed by atoms with van der Waals surface area (Å²) in [5, 5.41) is 3.68. The number of thiophene rings is 1. The van der Waals surface area contributed by atoms with Crippen LogP contribution in [0.3, 0.4) is 0 Å². The van der Waals surface area contributed by atoms with E-state index in [2.05, 4.69) is 65.0 Å². The lowest BCUT2D eigenvalue weighted by molar-refractivity contribution is 0.220. The largest absolute Gasteiger partial charge is 0.309 e. The van der Waals surface area contributed by atoms with E-state index >= 15 is 0 Å². The lowest BCUT2D eigenvalue weighted by atomic mass is 10.0. The van der Waals surface area contributed by atoms with E-state index in [1.165, 1.54) is 15.3 Å². The highest BCUT2D eigenvalue weighted by Crippen LogP contribution is 2.26. The summed E-state index contributed by atoms with van der Waals surface area (Å²) in [4.78, 5) is 5.17. The quantitative estimate of drug-likeness (QED) is 0.848. The second kappa shape index (κ2) is 6.69. The number of hydrogen-bond acceptors (Lipinski definition) is 3. The molecule has 0 aliphatic rings. The highest BCUT2D eigenvalue weighted by atomic mass is 32.1. The minimum absolute atomic E-state index is 0.441. The van der Waals surface area contributed by atoms with Crippen molar-refractivity contribution >= 4 is 11.3 Å². The lowest BCUT2D eigenvalue weighted by Crippen LogP contribution is -2.42. The first-order chi connectivity index (χ1) is 8.32. The maximum atomic E-state index is 3.68. The van der Waals surface area contributed by atoms with Crippen LogP contribution >= 0.6 is 11.3 Å². The fourth-order valence-corrected chi connectivity index (χ4v) is 3.52. The van der Waals surface area contributed by atoms with Gasteiger partial charge in [0.2, 0.25) is 0 Å². The van der Waals surface area contributed by atoms with Crippen molar-refractivity contribution in [2.24, 2.45) is 5.92 Å². The topological polar surface area (TPSA) is 15.3 Å². The molecule has 0 aliphatic heterocycles. The summed E-state index contributed by atoms with van der Waals surface area (Å²) in [7, 11) is 4.33. The second-order valence-electron chi connectivity index (χ2n) is 5.77. The molecule has 104 valence electrons. The van der Waals surface area contributed by atoms with E-state index in [1.807, 2.05) is 11.3 Å². The molecule has 2 atom stereocenters. The number of likely N-dealkylation sites (N-methyl/N-ethyl adjacent to an activating group) is 1. The van der Waals surface area contributed by atoms with Crippen molar-refractivity contribution in [3.63, 3.8) is 0 Å². The highest BCUT2D eigenvalue weighted by Gasteiger charge is 2.18. The van der Waals surface area contributed by atoms with Gasteiger partial charge in [0.25, 0.3) is 0 Å². The molecule has 0 amide bonds. The molecule has 18 heavy (non-hydrogen) atoms. The maximum absolute atomic E-state index is 3.68. The molecule has 0 bridgehead atoms. The molecule has 0 saturated heterocycles. The Bertz CT molecular complexity index is 361. The van der Waals surface area contributed by atoms with Gasteiger partial charge in [0.15, 0.2) is 0 Å². The Hall–Kier alpha value is -0.380. The van der Waals surface area contributed by atoms with Crippen LogP contribution < -0.4 is 5.32 Å².